The van der Waals surface area contributed by atoms with E-state index in [1.807, 2.05) is 18.2 Å². The number of hydrogen-bond donors (Lipinski definition) is 2. The number of amides is 1. The molecular formula is C18H26N2O3. The Morgan fingerprint density at radius 2 is 1.96 bits per heavy atom. The molecule has 2 saturated heterocycles. The maximum absolute atomic E-state index is 12.3. The highest BCUT2D eigenvalue weighted by molar-refractivity contribution is 5.76. The molecular weight excluding hydrogens is 292 g/mol. The van der Waals surface area contributed by atoms with Crippen LogP contribution in [0.4, 0.5) is 0 Å². The Labute approximate surface area is 137 Å². The molecule has 0 saturated carbocycles. The zero-order valence-electron chi connectivity index (χ0n) is 13.9. The Morgan fingerprint density at radius 3 is 2.61 bits per heavy atom. The molecule has 2 unspecified atom stereocenters. The molecule has 2 fully saturated rings. The van der Waals surface area contributed by atoms with Crippen LogP contribution in [-0.4, -0.2) is 32.2 Å². The molecule has 0 radical (unpaired) electrons. The van der Waals surface area contributed by atoms with Gasteiger partial charge in [0.25, 0.3) is 0 Å². The number of carbonyl (C=O) groups excluding carboxylic acids is 1. The van der Waals surface area contributed by atoms with Gasteiger partial charge in [-0.25, -0.2) is 0 Å². The monoisotopic (exact) mass is 318 g/mol. The highest BCUT2D eigenvalue weighted by Crippen LogP contribution is 2.32. The van der Waals surface area contributed by atoms with Crippen LogP contribution in [0.2, 0.25) is 0 Å². The van der Waals surface area contributed by atoms with Crippen molar-refractivity contribution in [2.75, 3.05) is 14.2 Å². The van der Waals surface area contributed by atoms with E-state index < -0.39 is 0 Å². The Balaban J connectivity index is 1.52. The number of methoxy groups -OCH3 is 2. The van der Waals surface area contributed by atoms with Crippen molar-refractivity contribution in [2.24, 2.45) is 5.92 Å². The summed E-state index contributed by atoms with van der Waals surface area (Å²) in [6.45, 7) is 0.469. The number of piperidine rings is 1. The third-order valence-corrected chi connectivity index (χ3v) is 5.01. The highest BCUT2D eigenvalue weighted by atomic mass is 16.5. The summed E-state index contributed by atoms with van der Waals surface area (Å²) >= 11 is 0. The summed E-state index contributed by atoms with van der Waals surface area (Å²) in [4.78, 5) is 12.3. The minimum absolute atomic E-state index is 0.126. The van der Waals surface area contributed by atoms with Crippen LogP contribution in [-0.2, 0) is 11.3 Å². The van der Waals surface area contributed by atoms with Crippen LogP contribution in [0.1, 0.15) is 37.7 Å². The Kier molecular flexibility index (Phi) is 5.06. The maximum Gasteiger partial charge on any atom is 0.220 e. The van der Waals surface area contributed by atoms with Gasteiger partial charge in [-0.05, 0) is 49.8 Å². The molecule has 2 bridgehead atoms. The van der Waals surface area contributed by atoms with Gasteiger partial charge in [-0.2, -0.15) is 0 Å². The van der Waals surface area contributed by atoms with Gasteiger partial charge in [-0.15, -0.1) is 0 Å². The van der Waals surface area contributed by atoms with Crippen LogP contribution in [0.5, 0.6) is 11.5 Å². The quantitative estimate of drug-likeness (QED) is 0.844. The van der Waals surface area contributed by atoms with E-state index in [0.717, 1.165) is 29.9 Å². The molecule has 2 aliphatic rings. The SMILES string of the molecule is COc1ccc(OC)c(CNC(=O)CC2CC3CCC(C2)N3)c1. The second-order valence-corrected chi connectivity index (χ2v) is 6.63. The molecule has 2 aliphatic heterocycles. The van der Waals surface area contributed by atoms with Crippen molar-refractivity contribution in [2.45, 2.75) is 50.7 Å². The number of hydrogen-bond acceptors (Lipinski definition) is 4. The second-order valence-electron chi connectivity index (χ2n) is 6.63. The normalized spacial score (nSPS) is 25.9. The number of rotatable bonds is 6. The third-order valence-electron chi connectivity index (χ3n) is 5.01. The largest absolute Gasteiger partial charge is 0.497 e. The smallest absolute Gasteiger partial charge is 0.220 e. The highest BCUT2D eigenvalue weighted by Gasteiger charge is 2.34. The minimum atomic E-state index is 0.126. The second kappa shape index (κ2) is 7.21. The van der Waals surface area contributed by atoms with E-state index in [1.165, 1.54) is 12.8 Å². The van der Waals surface area contributed by atoms with Crippen LogP contribution < -0.4 is 20.1 Å². The number of benzene rings is 1. The summed E-state index contributed by atoms with van der Waals surface area (Å²) in [5.41, 5.74) is 0.936. The first-order chi connectivity index (χ1) is 11.2. The summed E-state index contributed by atoms with van der Waals surface area (Å²) in [6, 6.07) is 6.89. The van der Waals surface area contributed by atoms with Crippen LogP contribution in [0.15, 0.2) is 18.2 Å². The number of ether oxygens (including phenoxy) is 2. The molecule has 0 aliphatic carbocycles. The first kappa shape index (κ1) is 16.1. The van der Waals surface area contributed by atoms with Crippen LogP contribution >= 0.6 is 0 Å². The summed E-state index contributed by atoms with van der Waals surface area (Å²) in [5, 5.41) is 6.64. The first-order valence-corrected chi connectivity index (χ1v) is 8.41. The predicted octanol–water partition coefficient (Wildman–Crippen LogP) is 2.24. The van der Waals surface area contributed by atoms with Crippen molar-refractivity contribution >= 4 is 5.91 Å². The van der Waals surface area contributed by atoms with Crippen molar-refractivity contribution in [3.8, 4) is 11.5 Å². The molecule has 2 heterocycles. The van der Waals surface area contributed by atoms with Gasteiger partial charge in [0.05, 0.1) is 14.2 Å². The van der Waals surface area contributed by atoms with Crippen molar-refractivity contribution in [3.63, 3.8) is 0 Å². The maximum atomic E-state index is 12.3. The van der Waals surface area contributed by atoms with Crippen LogP contribution in [0.3, 0.4) is 0 Å². The summed E-state index contributed by atoms with van der Waals surface area (Å²) in [5.74, 6) is 2.18. The Bertz CT molecular complexity index is 549. The Hall–Kier alpha value is -1.75. The molecule has 23 heavy (non-hydrogen) atoms. The Morgan fingerprint density at radius 1 is 1.22 bits per heavy atom. The van der Waals surface area contributed by atoms with Crippen molar-refractivity contribution in [3.05, 3.63) is 23.8 Å². The zero-order valence-corrected chi connectivity index (χ0v) is 13.9. The van der Waals surface area contributed by atoms with Gasteiger partial charge in [-0.1, -0.05) is 0 Å². The zero-order chi connectivity index (χ0) is 16.2. The molecule has 0 spiro atoms. The lowest BCUT2D eigenvalue weighted by Gasteiger charge is -2.28. The van der Waals surface area contributed by atoms with E-state index in [1.54, 1.807) is 14.2 Å². The van der Waals surface area contributed by atoms with Crippen LogP contribution in [0, 0.1) is 5.92 Å². The molecule has 2 atom stereocenters. The molecule has 5 nitrogen and oxygen atoms in total. The average Bonchev–Trinajstić information content (AvgIpc) is 2.91. The molecule has 3 rings (SSSR count). The van der Waals surface area contributed by atoms with E-state index >= 15 is 0 Å². The molecule has 1 amide bonds. The van der Waals surface area contributed by atoms with E-state index in [4.69, 9.17) is 9.47 Å². The molecule has 0 aromatic heterocycles. The standard InChI is InChI=1S/C18H26N2O3/c1-22-16-5-6-17(23-2)13(10-16)11-19-18(21)9-12-7-14-3-4-15(8-12)20-14/h5-6,10,12,14-15,20H,3-4,7-9,11H2,1-2H3,(H,19,21). The molecule has 5 heteroatoms. The molecule has 1 aromatic rings. The fraction of sp³-hybridized carbons (Fsp3) is 0.611. The number of fused-ring (bicyclic) bond motifs is 2. The van der Waals surface area contributed by atoms with Gasteiger partial charge >= 0.3 is 0 Å². The summed E-state index contributed by atoms with van der Waals surface area (Å²) < 4.78 is 10.6. The fourth-order valence-corrected chi connectivity index (χ4v) is 3.89. The van der Waals surface area contributed by atoms with Gasteiger partial charge in [0, 0.05) is 30.6 Å². The lowest BCUT2D eigenvalue weighted by molar-refractivity contribution is -0.122. The topological polar surface area (TPSA) is 59.6 Å². The van der Waals surface area contributed by atoms with Crippen molar-refractivity contribution < 1.29 is 14.3 Å². The minimum Gasteiger partial charge on any atom is -0.497 e. The molecule has 2 N–H and O–H groups in total. The fourth-order valence-electron chi connectivity index (χ4n) is 3.89. The lowest BCUT2D eigenvalue weighted by atomic mass is 9.89. The number of nitrogens with one attached hydrogen (secondary N) is 2. The van der Waals surface area contributed by atoms with Crippen molar-refractivity contribution in [1.82, 2.24) is 10.6 Å². The van der Waals surface area contributed by atoms with E-state index in [0.29, 0.717) is 31.0 Å². The average molecular weight is 318 g/mol. The van der Waals surface area contributed by atoms with Crippen molar-refractivity contribution in [1.29, 1.82) is 0 Å². The molecule has 1 aromatic carbocycles. The molecule has 126 valence electrons. The van der Waals surface area contributed by atoms with Gasteiger partial charge in [0.2, 0.25) is 5.91 Å². The summed E-state index contributed by atoms with van der Waals surface area (Å²) in [7, 11) is 3.27. The summed E-state index contributed by atoms with van der Waals surface area (Å²) in [6.07, 6.45) is 5.42. The van der Waals surface area contributed by atoms with Crippen LogP contribution in [0.25, 0.3) is 0 Å². The number of carbonyl (C=O) groups is 1. The van der Waals surface area contributed by atoms with Gasteiger partial charge in [0.15, 0.2) is 0 Å². The van der Waals surface area contributed by atoms with Gasteiger partial charge < -0.3 is 20.1 Å². The first-order valence-electron chi connectivity index (χ1n) is 8.41. The van der Waals surface area contributed by atoms with Gasteiger partial charge in [-0.3, -0.25) is 4.79 Å². The van der Waals surface area contributed by atoms with E-state index in [-0.39, 0.29) is 5.91 Å². The third kappa shape index (κ3) is 3.96. The van der Waals surface area contributed by atoms with E-state index in [9.17, 15) is 4.79 Å². The van der Waals surface area contributed by atoms with Gasteiger partial charge in [0.1, 0.15) is 11.5 Å². The van der Waals surface area contributed by atoms with E-state index in [2.05, 4.69) is 10.6 Å². The lowest BCUT2D eigenvalue weighted by Crippen LogP contribution is -2.39. The predicted molar refractivity (Wildman–Crippen MR) is 88.7 cm³/mol.